The first kappa shape index (κ1) is 19.3. The topological polar surface area (TPSA) is 92.0 Å². The van der Waals surface area contributed by atoms with Gasteiger partial charge in [-0.05, 0) is 0 Å². The Morgan fingerprint density at radius 1 is 1.14 bits per heavy atom. The molecule has 0 spiro atoms. The zero-order chi connectivity index (χ0) is 15.1. The molecule has 0 fully saturated rings. The van der Waals surface area contributed by atoms with Gasteiger partial charge in [0.25, 0.3) is 0 Å². The maximum Gasteiger partial charge on any atom is 0.243 e. The van der Waals surface area contributed by atoms with Gasteiger partial charge in [-0.2, -0.15) is 0 Å². The number of benzene rings is 1. The van der Waals surface area contributed by atoms with Gasteiger partial charge in [0.1, 0.15) is 6.04 Å². The van der Waals surface area contributed by atoms with E-state index in [1.807, 2.05) is 0 Å². The molecule has 0 aliphatic carbocycles. The molecule has 7 nitrogen and oxygen atoms in total. The van der Waals surface area contributed by atoms with Crippen molar-refractivity contribution >= 4 is 24.0 Å². The van der Waals surface area contributed by atoms with Crippen molar-refractivity contribution in [3.63, 3.8) is 0 Å². The summed E-state index contributed by atoms with van der Waals surface area (Å²) in [4.78, 5) is 11.8. The quantitative estimate of drug-likeness (QED) is 0.780. The van der Waals surface area contributed by atoms with Crippen LogP contribution in [0.25, 0.3) is 0 Å². The first-order chi connectivity index (χ1) is 9.57. The van der Waals surface area contributed by atoms with Crippen LogP contribution in [-0.2, 0) is 9.53 Å². The van der Waals surface area contributed by atoms with Crippen LogP contribution in [0.5, 0.6) is 17.2 Å². The van der Waals surface area contributed by atoms with Crippen molar-refractivity contribution in [1.29, 1.82) is 0 Å². The van der Waals surface area contributed by atoms with Gasteiger partial charge in [-0.25, -0.2) is 0 Å². The molecule has 0 bridgehead atoms. The minimum absolute atomic E-state index is 0. The molecule has 1 aromatic carbocycles. The highest BCUT2D eigenvalue weighted by molar-refractivity contribution is 5.95. The number of anilines is 1. The number of nitrogens with one attached hydrogen (secondary N) is 1. The zero-order valence-corrected chi connectivity index (χ0v) is 13.3. The van der Waals surface area contributed by atoms with E-state index in [1.54, 1.807) is 12.1 Å². The maximum absolute atomic E-state index is 11.8. The summed E-state index contributed by atoms with van der Waals surface area (Å²) in [7, 11) is 5.98. The van der Waals surface area contributed by atoms with Crippen molar-refractivity contribution in [2.24, 2.45) is 5.73 Å². The molecule has 3 N–H and O–H groups in total. The standard InChI is InChI=1S/C13H20N2O5.ClH/c1-17-7-9(14)13(16)15-8-5-10(18-2)12(20-4)11(6-8)19-3;/h5-6,9H,7,14H2,1-4H3,(H,15,16);1H. The van der Waals surface area contributed by atoms with Crippen LogP contribution >= 0.6 is 12.4 Å². The monoisotopic (exact) mass is 320 g/mol. The Balaban J connectivity index is 0.00000400. The van der Waals surface area contributed by atoms with Crippen LogP contribution in [0.2, 0.25) is 0 Å². The second-order valence-electron chi connectivity index (χ2n) is 3.97. The van der Waals surface area contributed by atoms with Crippen molar-refractivity contribution in [3.8, 4) is 17.2 Å². The van der Waals surface area contributed by atoms with Gasteiger partial charge in [0.05, 0.1) is 27.9 Å². The summed E-state index contributed by atoms with van der Waals surface area (Å²) < 4.78 is 20.4. The molecule has 1 unspecified atom stereocenters. The van der Waals surface area contributed by atoms with E-state index in [9.17, 15) is 4.79 Å². The van der Waals surface area contributed by atoms with Crippen LogP contribution < -0.4 is 25.3 Å². The molecule has 0 aliphatic rings. The highest BCUT2D eigenvalue weighted by Crippen LogP contribution is 2.39. The third-order valence-electron chi connectivity index (χ3n) is 2.62. The fourth-order valence-corrected chi connectivity index (χ4v) is 1.64. The van der Waals surface area contributed by atoms with Gasteiger partial charge in [0.2, 0.25) is 11.7 Å². The number of nitrogens with two attached hydrogens (primary N) is 1. The highest BCUT2D eigenvalue weighted by Gasteiger charge is 2.17. The van der Waals surface area contributed by atoms with E-state index in [-0.39, 0.29) is 24.9 Å². The van der Waals surface area contributed by atoms with Crippen molar-refractivity contribution in [1.82, 2.24) is 0 Å². The number of hydrogen-bond acceptors (Lipinski definition) is 6. The molecule has 0 aromatic heterocycles. The highest BCUT2D eigenvalue weighted by atomic mass is 35.5. The smallest absolute Gasteiger partial charge is 0.243 e. The number of carbonyl (C=O) groups is 1. The van der Waals surface area contributed by atoms with Crippen LogP contribution in [0, 0.1) is 0 Å². The predicted octanol–water partition coefficient (Wildman–Crippen LogP) is 1.05. The average molecular weight is 321 g/mol. The molecule has 1 amide bonds. The lowest BCUT2D eigenvalue weighted by Gasteiger charge is -2.16. The van der Waals surface area contributed by atoms with Crippen LogP contribution in [-0.4, -0.2) is 47.0 Å². The summed E-state index contributed by atoms with van der Waals surface area (Å²) in [5.74, 6) is 0.986. The normalized spacial score (nSPS) is 11.1. The molecule has 1 rings (SSSR count). The molecule has 21 heavy (non-hydrogen) atoms. The Hall–Kier alpha value is -1.70. The maximum atomic E-state index is 11.8. The molecule has 0 saturated carbocycles. The molecule has 0 saturated heterocycles. The Kier molecular flexibility index (Phi) is 8.52. The predicted molar refractivity (Wildman–Crippen MR) is 81.8 cm³/mol. The van der Waals surface area contributed by atoms with Gasteiger partial charge in [-0.15, -0.1) is 12.4 Å². The molecular weight excluding hydrogens is 300 g/mol. The molecule has 0 heterocycles. The molecule has 0 aliphatic heterocycles. The zero-order valence-electron chi connectivity index (χ0n) is 12.5. The summed E-state index contributed by atoms with van der Waals surface area (Å²) in [5.41, 5.74) is 6.14. The van der Waals surface area contributed by atoms with E-state index in [1.165, 1.54) is 28.4 Å². The molecule has 8 heteroatoms. The van der Waals surface area contributed by atoms with E-state index in [2.05, 4.69) is 5.32 Å². The molecule has 1 atom stereocenters. The van der Waals surface area contributed by atoms with Gasteiger partial charge in [0, 0.05) is 24.9 Å². The fourth-order valence-electron chi connectivity index (χ4n) is 1.64. The van der Waals surface area contributed by atoms with Crippen molar-refractivity contribution < 1.29 is 23.7 Å². The Morgan fingerprint density at radius 3 is 2.05 bits per heavy atom. The van der Waals surface area contributed by atoms with E-state index < -0.39 is 6.04 Å². The summed E-state index contributed by atoms with van der Waals surface area (Å²) in [5, 5.41) is 2.67. The summed E-state index contributed by atoms with van der Waals surface area (Å²) in [6, 6.07) is 2.50. The van der Waals surface area contributed by atoms with Crippen LogP contribution in [0.15, 0.2) is 12.1 Å². The first-order valence-corrected chi connectivity index (χ1v) is 5.92. The van der Waals surface area contributed by atoms with Crippen molar-refractivity contribution in [2.45, 2.75) is 6.04 Å². The molecule has 1 aromatic rings. The molecule has 120 valence electrons. The van der Waals surface area contributed by atoms with E-state index in [0.29, 0.717) is 22.9 Å². The van der Waals surface area contributed by atoms with E-state index in [0.717, 1.165) is 0 Å². The second kappa shape index (κ2) is 9.28. The lowest BCUT2D eigenvalue weighted by Crippen LogP contribution is -2.39. The number of rotatable bonds is 7. The summed E-state index contributed by atoms with van der Waals surface area (Å²) in [6.45, 7) is 0.135. The van der Waals surface area contributed by atoms with Crippen molar-refractivity contribution in [3.05, 3.63) is 12.1 Å². The second-order valence-corrected chi connectivity index (χ2v) is 3.97. The lowest BCUT2D eigenvalue weighted by molar-refractivity contribution is -0.118. The number of ether oxygens (including phenoxy) is 4. The molecule has 0 radical (unpaired) electrons. The summed E-state index contributed by atoms with van der Waals surface area (Å²) in [6.07, 6.45) is 0. The Bertz CT molecular complexity index is 445. The van der Waals surface area contributed by atoms with Gasteiger partial charge < -0.3 is 30.0 Å². The minimum Gasteiger partial charge on any atom is -0.493 e. The van der Waals surface area contributed by atoms with Gasteiger partial charge in [0.15, 0.2) is 11.5 Å². The lowest BCUT2D eigenvalue weighted by atomic mass is 10.2. The fraction of sp³-hybridized carbons (Fsp3) is 0.462. The first-order valence-electron chi connectivity index (χ1n) is 5.92. The van der Waals surface area contributed by atoms with E-state index >= 15 is 0 Å². The number of carbonyl (C=O) groups excluding carboxylic acids is 1. The Morgan fingerprint density at radius 2 is 1.67 bits per heavy atom. The minimum atomic E-state index is -0.751. The summed E-state index contributed by atoms with van der Waals surface area (Å²) >= 11 is 0. The van der Waals surface area contributed by atoms with Crippen LogP contribution in [0.1, 0.15) is 0 Å². The van der Waals surface area contributed by atoms with Crippen LogP contribution in [0.3, 0.4) is 0 Å². The third kappa shape index (κ3) is 4.96. The SMILES string of the molecule is COCC(N)C(=O)Nc1cc(OC)c(OC)c(OC)c1.Cl. The average Bonchev–Trinajstić information content (AvgIpc) is 2.46. The largest absolute Gasteiger partial charge is 0.493 e. The number of halogens is 1. The van der Waals surface area contributed by atoms with Crippen molar-refractivity contribution in [2.75, 3.05) is 40.4 Å². The molecular formula is C13H21ClN2O5. The number of hydrogen-bond donors (Lipinski definition) is 2. The van der Waals surface area contributed by atoms with E-state index in [4.69, 9.17) is 24.7 Å². The Labute approximate surface area is 130 Å². The third-order valence-corrected chi connectivity index (χ3v) is 2.62. The van der Waals surface area contributed by atoms with Gasteiger partial charge in [-0.3, -0.25) is 4.79 Å². The number of methoxy groups -OCH3 is 4. The van der Waals surface area contributed by atoms with Gasteiger partial charge >= 0.3 is 0 Å². The van der Waals surface area contributed by atoms with Gasteiger partial charge in [-0.1, -0.05) is 0 Å². The number of amides is 1. The van der Waals surface area contributed by atoms with Crippen LogP contribution in [0.4, 0.5) is 5.69 Å².